The summed E-state index contributed by atoms with van der Waals surface area (Å²) in [5.74, 6) is -0.0233. The Labute approximate surface area is 216 Å². The smallest absolute Gasteiger partial charge is 0.277 e. The highest BCUT2D eigenvalue weighted by molar-refractivity contribution is 7.10. The molecule has 10 nitrogen and oxygen atoms in total. The normalized spacial score (nSPS) is 14.1. The Morgan fingerprint density at radius 2 is 1.94 bits per heavy atom. The summed E-state index contributed by atoms with van der Waals surface area (Å²) in [6.07, 6.45) is 1.41. The zero-order valence-corrected chi connectivity index (χ0v) is 21.1. The highest BCUT2D eigenvalue weighted by atomic mass is 35.5. The number of carbonyl (C=O) groups is 2. The van der Waals surface area contributed by atoms with Gasteiger partial charge in [0, 0.05) is 24.4 Å². The Balaban J connectivity index is 1.34. The molecule has 3 aromatic rings. The van der Waals surface area contributed by atoms with E-state index < -0.39 is 11.5 Å². The van der Waals surface area contributed by atoms with Crippen molar-refractivity contribution in [1.29, 1.82) is 10.5 Å². The first-order chi connectivity index (χ1) is 17.2. The van der Waals surface area contributed by atoms with Gasteiger partial charge < -0.3 is 14.6 Å². The maximum atomic E-state index is 13.2. The molecule has 1 saturated heterocycles. The molecule has 0 aliphatic carbocycles. The van der Waals surface area contributed by atoms with Crippen LogP contribution in [-0.4, -0.2) is 50.4 Å². The fourth-order valence-electron chi connectivity index (χ4n) is 3.90. The molecule has 3 heterocycles. The maximum Gasteiger partial charge on any atom is 0.277 e. The second-order valence-electron chi connectivity index (χ2n) is 8.67. The lowest BCUT2D eigenvalue weighted by molar-refractivity contribution is -0.146. The number of nitrogens with zero attached hydrogens (tertiary/aromatic N) is 5. The fourth-order valence-corrected chi connectivity index (χ4v) is 5.05. The molecule has 36 heavy (non-hydrogen) atoms. The summed E-state index contributed by atoms with van der Waals surface area (Å²) in [4.78, 5) is 38.5. The number of anilines is 1. The summed E-state index contributed by atoms with van der Waals surface area (Å²) in [5, 5.41) is 23.4. The van der Waals surface area contributed by atoms with Crippen molar-refractivity contribution in [3.8, 4) is 17.9 Å². The van der Waals surface area contributed by atoms with Gasteiger partial charge in [0.05, 0.1) is 10.0 Å². The molecule has 12 heteroatoms. The minimum atomic E-state index is -1.08. The van der Waals surface area contributed by atoms with Crippen LogP contribution >= 0.6 is 22.9 Å². The predicted molar refractivity (Wildman–Crippen MR) is 133 cm³/mol. The summed E-state index contributed by atoms with van der Waals surface area (Å²) in [6, 6.07) is 10.7. The van der Waals surface area contributed by atoms with Crippen LogP contribution in [0.1, 0.15) is 59.5 Å². The van der Waals surface area contributed by atoms with E-state index in [9.17, 15) is 9.59 Å². The van der Waals surface area contributed by atoms with Crippen molar-refractivity contribution < 1.29 is 14.3 Å². The van der Waals surface area contributed by atoms with Gasteiger partial charge >= 0.3 is 0 Å². The molecule has 184 valence electrons. The molecular weight excluding hydrogens is 502 g/mol. The first kappa shape index (κ1) is 25.2. The summed E-state index contributed by atoms with van der Waals surface area (Å²) in [6.45, 7) is 4.55. The number of para-hydroxylation sites is 1. The van der Waals surface area contributed by atoms with E-state index in [1.165, 1.54) is 11.3 Å². The molecular formula is C24H22ClN7O3S. The van der Waals surface area contributed by atoms with E-state index in [4.69, 9.17) is 26.9 Å². The number of hydrogen-bond acceptors (Lipinski definition) is 8. The van der Waals surface area contributed by atoms with Crippen LogP contribution in [-0.2, 0) is 4.79 Å². The number of piperidine rings is 1. The number of likely N-dealkylation sites (tertiary alicyclic amines) is 1. The van der Waals surface area contributed by atoms with Gasteiger partial charge in [-0.25, -0.2) is 9.97 Å². The Bertz CT molecular complexity index is 1350. The number of nitriles is 2. The maximum absolute atomic E-state index is 13.2. The molecule has 0 radical (unpaired) electrons. The minimum absolute atomic E-state index is 0.0103. The van der Waals surface area contributed by atoms with Gasteiger partial charge in [-0.15, -0.1) is 11.3 Å². The second-order valence-corrected chi connectivity index (χ2v) is 9.96. The van der Waals surface area contributed by atoms with Crippen molar-refractivity contribution in [3.63, 3.8) is 0 Å². The molecule has 2 amide bonds. The Morgan fingerprint density at radius 1 is 1.22 bits per heavy atom. The Hall–Kier alpha value is -3.93. The van der Waals surface area contributed by atoms with E-state index in [0.29, 0.717) is 36.7 Å². The van der Waals surface area contributed by atoms with E-state index >= 15 is 0 Å². The third kappa shape index (κ3) is 5.33. The molecule has 1 aliphatic heterocycles. The van der Waals surface area contributed by atoms with Crippen LogP contribution in [0.2, 0.25) is 5.02 Å². The van der Waals surface area contributed by atoms with Crippen molar-refractivity contribution in [1.82, 2.24) is 19.9 Å². The zero-order valence-electron chi connectivity index (χ0n) is 19.5. The number of amides is 2. The van der Waals surface area contributed by atoms with Crippen LogP contribution in [0, 0.1) is 22.7 Å². The van der Waals surface area contributed by atoms with Gasteiger partial charge in [-0.05, 0) is 38.8 Å². The van der Waals surface area contributed by atoms with E-state index in [2.05, 4.69) is 20.3 Å². The minimum Gasteiger partial charge on any atom is -0.476 e. The quantitative estimate of drug-likeness (QED) is 0.494. The Kier molecular flexibility index (Phi) is 7.25. The van der Waals surface area contributed by atoms with Crippen molar-refractivity contribution in [2.45, 2.75) is 38.2 Å². The van der Waals surface area contributed by atoms with Gasteiger partial charge in [-0.3, -0.25) is 14.9 Å². The molecule has 0 saturated carbocycles. The zero-order chi connectivity index (χ0) is 25.9. The molecule has 0 unspecified atom stereocenters. The number of rotatable bonds is 6. The lowest BCUT2D eigenvalue weighted by Gasteiger charge is -2.36. The molecule has 1 fully saturated rings. The first-order valence-corrected chi connectivity index (χ1v) is 12.4. The second kappa shape index (κ2) is 10.4. The van der Waals surface area contributed by atoms with Gasteiger partial charge in [0.25, 0.3) is 11.8 Å². The SMILES string of the molecule is CC(C)(Oc1ccccc1Cl)C(=O)N1CCC(c2nc(C(=O)Nc3nc(C#N)c(C#N)[nH]3)cs2)CC1. The lowest BCUT2D eigenvalue weighted by Crippen LogP contribution is -2.51. The predicted octanol–water partition coefficient (Wildman–Crippen LogP) is 4.08. The average molecular weight is 524 g/mol. The van der Waals surface area contributed by atoms with Crippen LogP contribution in [0.3, 0.4) is 0 Å². The number of benzene rings is 1. The van der Waals surface area contributed by atoms with Crippen LogP contribution in [0.4, 0.5) is 5.95 Å². The number of ether oxygens (including phenoxy) is 1. The highest BCUT2D eigenvalue weighted by Gasteiger charge is 2.37. The largest absolute Gasteiger partial charge is 0.476 e. The third-order valence-electron chi connectivity index (χ3n) is 5.76. The van der Waals surface area contributed by atoms with E-state index in [0.717, 1.165) is 5.01 Å². The van der Waals surface area contributed by atoms with Crippen molar-refractivity contribution in [2.24, 2.45) is 0 Å². The number of aromatic amines is 1. The van der Waals surface area contributed by atoms with Crippen LogP contribution in [0.25, 0.3) is 0 Å². The molecule has 2 N–H and O–H groups in total. The van der Waals surface area contributed by atoms with E-state index in [1.807, 2.05) is 6.07 Å². The monoisotopic (exact) mass is 523 g/mol. The number of carbonyl (C=O) groups excluding carboxylic acids is 2. The standard InChI is InChI=1S/C24H22ClN7O3S/c1-24(2,35-19-6-4-3-5-15(19)25)22(34)32-9-7-14(8-10-32)21-28-18(13-36-21)20(33)31-23-29-16(11-26)17(12-27)30-23/h3-6,13-14H,7-10H2,1-2H3,(H2,29,30,31,33). The summed E-state index contributed by atoms with van der Waals surface area (Å²) < 4.78 is 5.94. The number of aromatic nitrogens is 3. The Morgan fingerprint density at radius 3 is 2.58 bits per heavy atom. The molecule has 0 spiro atoms. The number of nitrogens with one attached hydrogen (secondary N) is 2. The van der Waals surface area contributed by atoms with Crippen molar-refractivity contribution in [3.05, 3.63) is 56.8 Å². The number of imidazole rings is 1. The molecule has 4 rings (SSSR count). The van der Waals surface area contributed by atoms with E-state index in [1.54, 1.807) is 54.5 Å². The van der Waals surface area contributed by atoms with Gasteiger partial charge in [0.1, 0.15) is 23.6 Å². The van der Waals surface area contributed by atoms with Crippen molar-refractivity contribution in [2.75, 3.05) is 18.4 Å². The van der Waals surface area contributed by atoms with Crippen molar-refractivity contribution >= 4 is 40.7 Å². The fraction of sp³-hybridized carbons (Fsp3) is 0.333. The van der Waals surface area contributed by atoms with Crippen LogP contribution in [0.5, 0.6) is 5.75 Å². The molecule has 1 aromatic carbocycles. The number of thiazole rings is 1. The van der Waals surface area contributed by atoms with E-state index in [-0.39, 0.29) is 34.9 Å². The van der Waals surface area contributed by atoms with Crippen LogP contribution < -0.4 is 10.1 Å². The van der Waals surface area contributed by atoms with Gasteiger partial charge in [0.15, 0.2) is 17.0 Å². The number of hydrogen-bond donors (Lipinski definition) is 2. The summed E-state index contributed by atoms with van der Waals surface area (Å²) in [5.41, 5.74) is -0.967. The highest BCUT2D eigenvalue weighted by Crippen LogP contribution is 2.33. The van der Waals surface area contributed by atoms with Gasteiger partial charge in [-0.1, -0.05) is 23.7 Å². The lowest BCUT2D eigenvalue weighted by atomic mass is 9.96. The topological polar surface area (TPSA) is 148 Å². The molecule has 0 atom stereocenters. The number of H-pyrrole nitrogens is 1. The average Bonchev–Trinajstić information content (AvgIpc) is 3.52. The summed E-state index contributed by atoms with van der Waals surface area (Å²) >= 11 is 7.56. The molecule has 0 bridgehead atoms. The van der Waals surface area contributed by atoms with Crippen LogP contribution in [0.15, 0.2) is 29.6 Å². The molecule has 1 aliphatic rings. The first-order valence-electron chi connectivity index (χ1n) is 11.1. The van der Waals surface area contributed by atoms with Gasteiger partial charge in [-0.2, -0.15) is 10.5 Å². The van der Waals surface area contributed by atoms with Gasteiger partial charge in [0.2, 0.25) is 5.95 Å². The summed E-state index contributed by atoms with van der Waals surface area (Å²) in [7, 11) is 0. The number of halogens is 1. The third-order valence-corrected chi connectivity index (χ3v) is 7.08. The molecule has 2 aromatic heterocycles.